The molecule has 2 aromatic carbocycles. The first kappa shape index (κ1) is 16.0. The van der Waals surface area contributed by atoms with Crippen LogP contribution < -0.4 is 10.5 Å². The Bertz CT molecular complexity index is 657. The van der Waals surface area contributed by atoms with E-state index in [1.54, 1.807) is 55.6 Å². The van der Waals surface area contributed by atoms with Crippen molar-refractivity contribution >= 4 is 5.91 Å². The fraction of sp³-hybridized carbons (Fsp3) is 0.235. The molecular formula is C17H19NO4. The van der Waals surface area contributed by atoms with E-state index < -0.39 is 11.5 Å². The van der Waals surface area contributed by atoms with Gasteiger partial charge in [0.2, 0.25) is 0 Å². The van der Waals surface area contributed by atoms with Crippen molar-refractivity contribution in [1.82, 2.24) is 0 Å². The summed E-state index contributed by atoms with van der Waals surface area (Å²) in [6.45, 7) is 0.217. The lowest BCUT2D eigenvalue weighted by molar-refractivity contribution is -0.133. The lowest BCUT2D eigenvalue weighted by atomic mass is 9.83. The van der Waals surface area contributed by atoms with Crippen molar-refractivity contribution in [3.8, 4) is 5.75 Å². The third-order valence-corrected chi connectivity index (χ3v) is 3.55. The molecule has 2 aromatic rings. The highest BCUT2D eigenvalue weighted by Crippen LogP contribution is 2.34. The van der Waals surface area contributed by atoms with E-state index in [0.717, 1.165) is 0 Å². The number of amides is 1. The first-order valence-corrected chi connectivity index (χ1v) is 6.78. The summed E-state index contributed by atoms with van der Waals surface area (Å²) in [6, 6.07) is 13.6. The number of benzene rings is 2. The number of aliphatic hydroxyl groups is 1. The topological polar surface area (TPSA) is 81.8 Å². The van der Waals surface area contributed by atoms with Gasteiger partial charge in [-0.2, -0.15) is 0 Å². The molecule has 5 heteroatoms. The number of primary amides is 1. The fourth-order valence-electron chi connectivity index (χ4n) is 2.43. The molecule has 0 saturated heterocycles. The molecule has 0 aromatic heterocycles. The summed E-state index contributed by atoms with van der Waals surface area (Å²) in [4.78, 5) is 12.0. The molecule has 22 heavy (non-hydrogen) atoms. The molecule has 1 atom stereocenters. The molecule has 0 fully saturated rings. The zero-order valence-electron chi connectivity index (χ0n) is 12.6. The normalized spacial score (nSPS) is 13.4. The zero-order valence-corrected chi connectivity index (χ0v) is 12.6. The second-order valence-corrected chi connectivity index (χ2v) is 4.90. The van der Waals surface area contributed by atoms with Gasteiger partial charge in [-0.05, 0) is 23.3 Å². The van der Waals surface area contributed by atoms with Gasteiger partial charge in [-0.25, -0.2) is 0 Å². The number of hydrogen-bond donors (Lipinski definition) is 2. The second-order valence-electron chi connectivity index (χ2n) is 4.90. The second kappa shape index (κ2) is 6.60. The molecule has 116 valence electrons. The zero-order chi connectivity index (χ0) is 16.2. The molecular weight excluding hydrogens is 282 g/mol. The summed E-state index contributed by atoms with van der Waals surface area (Å²) in [5.74, 6) is -0.239. The van der Waals surface area contributed by atoms with Gasteiger partial charge < -0.3 is 20.3 Å². The van der Waals surface area contributed by atoms with Gasteiger partial charge in [0.25, 0.3) is 5.91 Å². The number of rotatable bonds is 6. The molecule has 3 N–H and O–H groups in total. The molecule has 0 unspecified atom stereocenters. The summed E-state index contributed by atoms with van der Waals surface area (Å²) in [6.07, 6.45) is 0. The quantitative estimate of drug-likeness (QED) is 0.848. The Labute approximate surface area is 129 Å². The fourth-order valence-corrected chi connectivity index (χ4v) is 2.43. The average Bonchev–Trinajstić information content (AvgIpc) is 2.55. The maximum absolute atomic E-state index is 12.0. The van der Waals surface area contributed by atoms with Crippen LogP contribution in [-0.2, 0) is 21.7 Å². The number of methoxy groups -OCH3 is 2. The molecule has 0 aliphatic rings. The van der Waals surface area contributed by atoms with E-state index in [-0.39, 0.29) is 6.61 Å². The van der Waals surface area contributed by atoms with E-state index in [9.17, 15) is 9.90 Å². The Morgan fingerprint density at radius 1 is 1.18 bits per heavy atom. The maximum atomic E-state index is 12.0. The van der Waals surface area contributed by atoms with Gasteiger partial charge in [0.1, 0.15) is 5.75 Å². The van der Waals surface area contributed by atoms with Crippen LogP contribution >= 0.6 is 0 Å². The van der Waals surface area contributed by atoms with Crippen molar-refractivity contribution in [3.63, 3.8) is 0 Å². The molecule has 2 rings (SSSR count). The number of carbonyl (C=O) groups excluding carboxylic acids is 1. The summed E-state index contributed by atoms with van der Waals surface area (Å²) >= 11 is 0. The third kappa shape index (κ3) is 2.81. The van der Waals surface area contributed by atoms with Crippen LogP contribution in [0, 0.1) is 0 Å². The summed E-state index contributed by atoms with van der Waals surface area (Å²) in [5, 5.41) is 11.0. The van der Waals surface area contributed by atoms with Crippen molar-refractivity contribution in [3.05, 3.63) is 65.2 Å². The Morgan fingerprint density at radius 3 is 2.41 bits per heavy atom. The number of nitrogens with two attached hydrogens (primary N) is 1. The minimum Gasteiger partial charge on any atom is -0.497 e. The summed E-state index contributed by atoms with van der Waals surface area (Å²) < 4.78 is 10.3. The molecule has 0 bridgehead atoms. The van der Waals surface area contributed by atoms with E-state index in [2.05, 4.69) is 0 Å². The van der Waals surface area contributed by atoms with Gasteiger partial charge in [-0.15, -0.1) is 0 Å². The molecule has 0 aliphatic heterocycles. The van der Waals surface area contributed by atoms with Crippen molar-refractivity contribution < 1.29 is 19.4 Å². The Hall–Kier alpha value is -2.37. The van der Waals surface area contributed by atoms with E-state index in [1.807, 2.05) is 0 Å². The standard InChI is InChI=1S/C17H19NO4/c1-21-11-12-10-14(22-2)8-9-15(12)17(20,16(18)19)13-6-4-3-5-7-13/h3-10,20H,11H2,1-2H3,(H2,18,19)/t17-/m1/s1. The van der Waals surface area contributed by atoms with Gasteiger partial charge in [0.05, 0.1) is 13.7 Å². The smallest absolute Gasteiger partial charge is 0.258 e. The lowest BCUT2D eigenvalue weighted by Gasteiger charge is -2.28. The lowest BCUT2D eigenvalue weighted by Crippen LogP contribution is -2.43. The maximum Gasteiger partial charge on any atom is 0.258 e. The van der Waals surface area contributed by atoms with Crippen molar-refractivity contribution in [1.29, 1.82) is 0 Å². The molecule has 1 amide bonds. The Kier molecular flexibility index (Phi) is 4.80. The van der Waals surface area contributed by atoms with Gasteiger partial charge in [-0.3, -0.25) is 4.79 Å². The van der Waals surface area contributed by atoms with Crippen LogP contribution in [0.4, 0.5) is 0 Å². The van der Waals surface area contributed by atoms with E-state index in [4.69, 9.17) is 15.2 Å². The summed E-state index contributed by atoms with van der Waals surface area (Å²) in [7, 11) is 3.08. The van der Waals surface area contributed by atoms with Gasteiger partial charge in [0, 0.05) is 12.7 Å². The minimum absolute atomic E-state index is 0.217. The number of ether oxygens (including phenoxy) is 2. The Balaban J connectivity index is 2.65. The number of hydrogen-bond acceptors (Lipinski definition) is 4. The van der Waals surface area contributed by atoms with Crippen LogP contribution in [0.1, 0.15) is 16.7 Å². The minimum atomic E-state index is -1.93. The van der Waals surface area contributed by atoms with Crippen LogP contribution in [-0.4, -0.2) is 25.2 Å². The molecule has 0 aliphatic carbocycles. The summed E-state index contributed by atoms with van der Waals surface area (Å²) in [5.41, 5.74) is 5.00. The monoisotopic (exact) mass is 301 g/mol. The Morgan fingerprint density at radius 2 is 1.86 bits per heavy atom. The predicted octanol–water partition coefficient (Wildman–Crippen LogP) is 1.56. The van der Waals surface area contributed by atoms with Crippen LogP contribution in [0.3, 0.4) is 0 Å². The first-order valence-electron chi connectivity index (χ1n) is 6.78. The average molecular weight is 301 g/mol. The third-order valence-electron chi connectivity index (χ3n) is 3.55. The van der Waals surface area contributed by atoms with Crippen molar-refractivity contribution in [2.24, 2.45) is 5.73 Å². The van der Waals surface area contributed by atoms with Gasteiger partial charge in [0.15, 0.2) is 5.60 Å². The van der Waals surface area contributed by atoms with Crippen LogP contribution in [0.2, 0.25) is 0 Å². The number of carbonyl (C=O) groups is 1. The van der Waals surface area contributed by atoms with Crippen molar-refractivity contribution in [2.45, 2.75) is 12.2 Å². The van der Waals surface area contributed by atoms with E-state index in [1.165, 1.54) is 7.11 Å². The highest BCUT2D eigenvalue weighted by atomic mass is 16.5. The van der Waals surface area contributed by atoms with Gasteiger partial charge in [-0.1, -0.05) is 36.4 Å². The highest BCUT2D eigenvalue weighted by molar-refractivity contribution is 5.89. The SMILES string of the molecule is COCc1cc(OC)ccc1[C@@](O)(C(N)=O)c1ccccc1. The van der Waals surface area contributed by atoms with Crippen LogP contribution in [0.5, 0.6) is 5.75 Å². The first-order chi connectivity index (χ1) is 10.5. The van der Waals surface area contributed by atoms with E-state index >= 15 is 0 Å². The molecule has 0 spiro atoms. The molecule has 0 radical (unpaired) electrons. The largest absolute Gasteiger partial charge is 0.497 e. The molecule has 5 nitrogen and oxygen atoms in total. The van der Waals surface area contributed by atoms with E-state index in [0.29, 0.717) is 22.4 Å². The predicted molar refractivity (Wildman–Crippen MR) is 82.3 cm³/mol. The van der Waals surface area contributed by atoms with Gasteiger partial charge >= 0.3 is 0 Å². The molecule has 0 saturated carbocycles. The van der Waals surface area contributed by atoms with Crippen LogP contribution in [0.25, 0.3) is 0 Å². The molecule has 0 heterocycles. The van der Waals surface area contributed by atoms with Crippen LogP contribution in [0.15, 0.2) is 48.5 Å². The highest BCUT2D eigenvalue weighted by Gasteiger charge is 2.39. The van der Waals surface area contributed by atoms with Crippen molar-refractivity contribution in [2.75, 3.05) is 14.2 Å².